The third kappa shape index (κ3) is 5.43. The molecule has 0 spiro atoms. The van der Waals surface area contributed by atoms with Gasteiger partial charge in [-0.3, -0.25) is 0 Å². The van der Waals surface area contributed by atoms with Crippen molar-refractivity contribution in [2.45, 2.75) is 100 Å². The number of rotatable bonds is 7. The molecule has 256 valence electrons. The highest BCUT2D eigenvalue weighted by Gasteiger charge is 2.53. The van der Waals surface area contributed by atoms with Crippen LogP contribution in [0.2, 0.25) is 0 Å². The van der Waals surface area contributed by atoms with Gasteiger partial charge in [0, 0.05) is 11.4 Å². The van der Waals surface area contributed by atoms with E-state index < -0.39 is 5.41 Å². The second kappa shape index (κ2) is 13.5. The first-order valence-electron chi connectivity index (χ1n) is 19.8. The van der Waals surface area contributed by atoms with Crippen molar-refractivity contribution in [2.75, 3.05) is 4.90 Å². The van der Waals surface area contributed by atoms with E-state index in [0.29, 0.717) is 11.8 Å². The molecule has 9 rings (SSSR count). The summed E-state index contributed by atoms with van der Waals surface area (Å²) in [7, 11) is 0. The topological polar surface area (TPSA) is 3.24 Å². The van der Waals surface area contributed by atoms with Gasteiger partial charge in [0.15, 0.2) is 0 Å². The van der Waals surface area contributed by atoms with Gasteiger partial charge in [-0.1, -0.05) is 160 Å². The predicted octanol–water partition coefficient (Wildman–Crippen LogP) is 13.4. The normalized spacial score (nSPS) is 21.7. The maximum atomic E-state index is 2.70. The first kappa shape index (κ1) is 32.3. The lowest BCUT2D eigenvalue weighted by atomic mass is 9.65. The minimum Gasteiger partial charge on any atom is -0.331 e. The quantitative estimate of drug-likeness (QED) is 0.167. The van der Waals surface area contributed by atoms with Crippen molar-refractivity contribution >= 4 is 16.9 Å². The Hall–Kier alpha value is -4.62. The van der Waals surface area contributed by atoms with E-state index in [1.807, 2.05) is 0 Å². The van der Waals surface area contributed by atoms with E-state index in [4.69, 9.17) is 0 Å². The lowest BCUT2D eigenvalue weighted by molar-refractivity contribution is 0.443. The van der Waals surface area contributed by atoms with Gasteiger partial charge in [0.05, 0.1) is 11.0 Å². The fourth-order valence-corrected chi connectivity index (χ4v) is 10.6. The molecular weight excluding hydrogens is 615 g/mol. The molecule has 1 atom stereocenters. The van der Waals surface area contributed by atoms with Crippen LogP contribution < -0.4 is 4.90 Å². The Kier molecular flexibility index (Phi) is 8.55. The highest BCUT2D eigenvalue weighted by molar-refractivity contribution is 5.95. The summed E-state index contributed by atoms with van der Waals surface area (Å²) in [5.41, 5.74) is 13.1. The van der Waals surface area contributed by atoms with Crippen molar-refractivity contribution in [3.63, 3.8) is 0 Å². The van der Waals surface area contributed by atoms with E-state index in [1.54, 1.807) is 0 Å². The Labute approximate surface area is 305 Å². The van der Waals surface area contributed by atoms with Gasteiger partial charge in [0.2, 0.25) is 0 Å². The van der Waals surface area contributed by atoms with Gasteiger partial charge in [-0.25, -0.2) is 0 Å². The zero-order valence-corrected chi connectivity index (χ0v) is 30.2. The number of allylic oxidation sites excluding steroid dienone is 2. The summed E-state index contributed by atoms with van der Waals surface area (Å²) >= 11 is 0. The van der Waals surface area contributed by atoms with Gasteiger partial charge in [-0.2, -0.15) is 0 Å². The third-order valence-corrected chi connectivity index (χ3v) is 13.0. The Morgan fingerprint density at radius 3 is 1.49 bits per heavy atom. The van der Waals surface area contributed by atoms with Crippen LogP contribution in [-0.2, 0) is 5.41 Å². The number of anilines is 2. The molecule has 5 aromatic rings. The van der Waals surface area contributed by atoms with E-state index in [-0.39, 0.29) is 5.54 Å². The Bertz CT molecular complexity index is 1920. The van der Waals surface area contributed by atoms with Crippen LogP contribution in [0.1, 0.15) is 123 Å². The molecule has 2 saturated carbocycles. The van der Waals surface area contributed by atoms with Crippen LogP contribution in [-0.4, -0.2) is 5.54 Å². The molecule has 4 aliphatic carbocycles. The summed E-state index contributed by atoms with van der Waals surface area (Å²) in [5.74, 6) is 1.38. The van der Waals surface area contributed by atoms with Gasteiger partial charge in [-0.15, -0.1) is 0 Å². The van der Waals surface area contributed by atoms with Crippen molar-refractivity contribution in [3.8, 4) is 0 Å². The molecule has 4 aliphatic rings. The first-order chi connectivity index (χ1) is 25.2. The molecule has 0 aromatic heterocycles. The molecule has 51 heavy (non-hydrogen) atoms. The van der Waals surface area contributed by atoms with Crippen molar-refractivity contribution in [1.82, 2.24) is 0 Å². The first-order valence-corrected chi connectivity index (χ1v) is 19.8. The Morgan fingerprint density at radius 1 is 0.510 bits per heavy atom. The van der Waals surface area contributed by atoms with E-state index in [0.717, 1.165) is 6.42 Å². The maximum Gasteiger partial charge on any atom is 0.0717 e. The predicted molar refractivity (Wildman–Crippen MR) is 215 cm³/mol. The summed E-state index contributed by atoms with van der Waals surface area (Å²) < 4.78 is 0. The van der Waals surface area contributed by atoms with Crippen molar-refractivity contribution < 1.29 is 0 Å². The van der Waals surface area contributed by atoms with Gasteiger partial charge in [0.25, 0.3) is 0 Å². The van der Waals surface area contributed by atoms with Crippen LogP contribution in [0.3, 0.4) is 0 Å². The van der Waals surface area contributed by atoms with Crippen molar-refractivity contribution in [2.24, 2.45) is 0 Å². The molecule has 0 aliphatic heterocycles. The largest absolute Gasteiger partial charge is 0.331 e. The van der Waals surface area contributed by atoms with Crippen LogP contribution in [0.5, 0.6) is 0 Å². The fourth-order valence-electron chi connectivity index (χ4n) is 10.6. The molecule has 1 heteroatoms. The van der Waals surface area contributed by atoms with Crippen molar-refractivity contribution in [3.05, 3.63) is 185 Å². The van der Waals surface area contributed by atoms with Crippen LogP contribution in [0.4, 0.5) is 11.4 Å². The summed E-state index contributed by atoms with van der Waals surface area (Å²) in [6.07, 6.45) is 19.3. The number of hydrogen-bond donors (Lipinski definition) is 0. The number of benzene rings is 5. The number of fused-ring (bicyclic) bond motifs is 2. The molecule has 0 radical (unpaired) electrons. The zero-order valence-electron chi connectivity index (χ0n) is 30.2. The lowest BCUT2D eigenvalue weighted by Gasteiger charge is -2.47. The average molecular weight is 666 g/mol. The number of nitrogens with zero attached hydrogens (tertiary/aromatic N) is 1. The standard InChI is InChI=1S/C50H51N/c1-49(36-16-27-47-48(49)45-25-14-15-26-46(45)50(47,41-21-10-4-11-22-41)42-23-12-5-13-24-42)51(43-32-28-39(29-33-43)37-17-6-2-7-18-37)44-34-30-40(31-35-44)38-19-8-3-9-20-38/h4-5,10-16,21-35,37-38H,2-3,6-9,17-20,36H2,1H3. The number of hydrogen-bond acceptors (Lipinski definition) is 1. The molecule has 0 amide bonds. The zero-order chi connectivity index (χ0) is 34.3. The van der Waals surface area contributed by atoms with Gasteiger partial charge < -0.3 is 4.90 Å². The Balaban J connectivity index is 1.25. The highest BCUT2D eigenvalue weighted by atomic mass is 15.2. The summed E-state index contributed by atoms with van der Waals surface area (Å²) in [6.45, 7) is 2.51. The van der Waals surface area contributed by atoms with Gasteiger partial charge >= 0.3 is 0 Å². The molecule has 5 aromatic carbocycles. The lowest BCUT2D eigenvalue weighted by Crippen LogP contribution is -2.46. The molecule has 0 saturated heterocycles. The van der Waals surface area contributed by atoms with Crippen LogP contribution in [0.25, 0.3) is 5.57 Å². The van der Waals surface area contributed by atoms with Crippen LogP contribution in [0.15, 0.2) is 151 Å². The SMILES string of the molecule is CC1(N(c2ccc(C3CCCCC3)cc2)c2ccc(C3CCCCC3)cc2)CC=CC2=C1c1ccccc1C2(c1ccccc1)c1ccccc1. The van der Waals surface area contributed by atoms with Crippen LogP contribution in [0, 0.1) is 0 Å². The monoisotopic (exact) mass is 665 g/mol. The molecule has 1 unspecified atom stereocenters. The van der Waals surface area contributed by atoms with Crippen molar-refractivity contribution in [1.29, 1.82) is 0 Å². The summed E-state index contributed by atoms with van der Waals surface area (Å²) in [5, 5.41) is 0. The molecule has 0 heterocycles. The molecule has 2 fully saturated rings. The van der Waals surface area contributed by atoms with E-state index >= 15 is 0 Å². The fraction of sp³-hybridized carbons (Fsp3) is 0.320. The minimum absolute atomic E-state index is 0.329. The van der Waals surface area contributed by atoms with Gasteiger partial charge in [-0.05, 0) is 120 Å². The van der Waals surface area contributed by atoms with Crippen LogP contribution >= 0.6 is 0 Å². The van der Waals surface area contributed by atoms with Gasteiger partial charge in [0.1, 0.15) is 0 Å². The van der Waals surface area contributed by atoms with E-state index in [2.05, 4.69) is 157 Å². The van der Waals surface area contributed by atoms with E-state index in [1.165, 1.54) is 120 Å². The maximum absolute atomic E-state index is 2.70. The molecule has 0 bridgehead atoms. The Morgan fingerprint density at radius 2 is 0.980 bits per heavy atom. The summed E-state index contributed by atoms with van der Waals surface area (Å²) in [6, 6.07) is 51.3. The highest BCUT2D eigenvalue weighted by Crippen LogP contribution is 2.61. The smallest absolute Gasteiger partial charge is 0.0717 e. The third-order valence-electron chi connectivity index (χ3n) is 13.0. The average Bonchev–Trinajstić information content (AvgIpc) is 3.52. The molecule has 0 N–H and O–H groups in total. The minimum atomic E-state index is -0.409. The molecule has 1 nitrogen and oxygen atoms in total. The summed E-state index contributed by atoms with van der Waals surface area (Å²) in [4.78, 5) is 2.70. The molecular formula is C50H51N. The second-order valence-corrected chi connectivity index (χ2v) is 15.9. The second-order valence-electron chi connectivity index (χ2n) is 15.9. The van der Waals surface area contributed by atoms with E-state index in [9.17, 15) is 0 Å².